The summed E-state index contributed by atoms with van der Waals surface area (Å²) < 4.78 is 0. The Kier molecular flexibility index (Phi) is 9.52. The van der Waals surface area contributed by atoms with Crippen molar-refractivity contribution < 1.29 is 4.79 Å². The number of halogens is 1. The summed E-state index contributed by atoms with van der Waals surface area (Å²) in [6, 6.07) is 0. The third-order valence-corrected chi connectivity index (χ3v) is 4.49. The van der Waals surface area contributed by atoms with Gasteiger partial charge in [-0.25, -0.2) is 0 Å². The molecule has 0 spiro atoms. The Morgan fingerprint density at radius 3 is 1.95 bits per heavy atom. The van der Waals surface area contributed by atoms with Crippen LogP contribution in [-0.4, -0.2) is 53.8 Å². The Morgan fingerprint density at radius 1 is 0.895 bits per heavy atom. The predicted molar refractivity (Wildman–Crippen MR) is 84.8 cm³/mol. The first kappa shape index (κ1) is 17.0. The molecule has 112 valence electrons. The number of nitrogens with zero attached hydrogens (tertiary/aromatic N) is 2. The van der Waals surface area contributed by atoms with Crippen LogP contribution in [0.25, 0.3) is 0 Å². The number of alkyl halides is 1. The fraction of sp³-hybridized carbons (Fsp3) is 0.933. The fourth-order valence-electron chi connectivity index (χ4n) is 2.60. The molecule has 1 amide bonds. The molecule has 0 aromatic carbocycles. The number of hydrogen-bond acceptors (Lipinski definition) is 2. The van der Waals surface area contributed by atoms with Crippen LogP contribution in [0.2, 0.25) is 0 Å². The first-order valence-corrected chi connectivity index (χ1v) is 8.90. The lowest BCUT2D eigenvalue weighted by Crippen LogP contribution is -2.48. The van der Waals surface area contributed by atoms with E-state index < -0.39 is 0 Å². The first-order chi connectivity index (χ1) is 9.24. The summed E-state index contributed by atoms with van der Waals surface area (Å²) >= 11 is 3.47. The molecule has 0 radical (unpaired) electrons. The van der Waals surface area contributed by atoms with Gasteiger partial charge in [0, 0.05) is 38.4 Å². The number of amides is 1. The lowest BCUT2D eigenvalue weighted by atomic mass is 10.1. The van der Waals surface area contributed by atoms with Gasteiger partial charge in [-0.15, -0.1) is 0 Å². The molecule has 1 fully saturated rings. The lowest BCUT2D eigenvalue weighted by molar-refractivity contribution is -0.130. The van der Waals surface area contributed by atoms with Crippen LogP contribution < -0.4 is 0 Å². The Bertz CT molecular complexity index is 240. The first-order valence-electron chi connectivity index (χ1n) is 7.78. The molecule has 1 aliphatic heterocycles. The second-order valence-electron chi connectivity index (χ2n) is 5.51. The molecule has 19 heavy (non-hydrogen) atoms. The molecule has 0 aromatic heterocycles. The van der Waals surface area contributed by atoms with E-state index in [-0.39, 0.29) is 5.91 Å². The van der Waals surface area contributed by atoms with Crippen LogP contribution in [0.15, 0.2) is 0 Å². The second-order valence-corrected chi connectivity index (χ2v) is 6.30. The van der Waals surface area contributed by atoms with Gasteiger partial charge in [-0.05, 0) is 19.4 Å². The molecular formula is C15H29BrN2O. The largest absolute Gasteiger partial charge is 0.340 e. The molecule has 1 saturated heterocycles. The number of piperazine rings is 1. The van der Waals surface area contributed by atoms with Crippen molar-refractivity contribution in [1.29, 1.82) is 0 Å². The molecule has 0 atom stereocenters. The second kappa shape index (κ2) is 10.7. The van der Waals surface area contributed by atoms with Gasteiger partial charge < -0.3 is 4.90 Å². The van der Waals surface area contributed by atoms with Crippen molar-refractivity contribution in [2.75, 3.05) is 38.1 Å². The van der Waals surface area contributed by atoms with Crippen LogP contribution >= 0.6 is 15.9 Å². The van der Waals surface area contributed by atoms with Gasteiger partial charge in [0.05, 0.1) is 0 Å². The number of carbonyl (C=O) groups is 1. The third-order valence-electron chi connectivity index (χ3n) is 3.93. The summed E-state index contributed by atoms with van der Waals surface area (Å²) in [5.74, 6) is 0.225. The van der Waals surface area contributed by atoms with E-state index in [1.807, 2.05) is 4.90 Å². The van der Waals surface area contributed by atoms with Gasteiger partial charge in [0.25, 0.3) is 0 Å². The standard InChI is InChI=1S/C15H29BrN2O/c1-15(19)18-13-11-17(12-14-18)10-8-6-4-2-3-5-7-9-16/h2-14H2,1H3. The maximum Gasteiger partial charge on any atom is 0.219 e. The highest BCUT2D eigenvalue weighted by atomic mass is 79.9. The van der Waals surface area contributed by atoms with Gasteiger partial charge in [0.15, 0.2) is 0 Å². The normalized spacial score (nSPS) is 16.8. The molecule has 0 unspecified atom stereocenters. The molecule has 1 heterocycles. The zero-order valence-corrected chi connectivity index (χ0v) is 14.0. The van der Waals surface area contributed by atoms with Crippen LogP contribution in [0.1, 0.15) is 51.9 Å². The SMILES string of the molecule is CC(=O)N1CCN(CCCCCCCCCBr)CC1. The maximum absolute atomic E-state index is 11.2. The average Bonchev–Trinajstić information content (AvgIpc) is 2.42. The molecule has 4 heteroatoms. The van der Waals surface area contributed by atoms with Crippen molar-refractivity contribution in [1.82, 2.24) is 9.80 Å². The number of hydrogen-bond donors (Lipinski definition) is 0. The molecule has 0 bridgehead atoms. The van der Waals surface area contributed by atoms with E-state index in [0.29, 0.717) is 0 Å². The molecule has 3 nitrogen and oxygen atoms in total. The fourth-order valence-corrected chi connectivity index (χ4v) is 3.00. The molecule has 0 aromatic rings. The maximum atomic E-state index is 11.2. The van der Waals surface area contributed by atoms with Gasteiger partial charge in [-0.1, -0.05) is 48.0 Å². The topological polar surface area (TPSA) is 23.6 Å². The van der Waals surface area contributed by atoms with E-state index in [2.05, 4.69) is 20.8 Å². The number of carbonyl (C=O) groups excluding carboxylic acids is 1. The zero-order valence-electron chi connectivity index (χ0n) is 12.4. The number of unbranched alkanes of at least 4 members (excludes halogenated alkanes) is 6. The summed E-state index contributed by atoms with van der Waals surface area (Å²) in [5, 5.41) is 1.15. The van der Waals surface area contributed by atoms with Crippen molar-refractivity contribution in [2.45, 2.75) is 51.9 Å². The van der Waals surface area contributed by atoms with E-state index in [4.69, 9.17) is 0 Å². The zero-order chi connectivity index (χ0) is 13.9. The van der Waals surface area contributed by atoms with Gasteiger partial charge in [0.2, 0.25) is 5.91 Å². The minimum absolute atomic E-state index is 0.225. The Balaban J connectivity index is 1.89. The molecular weight excluding hydrogens is 304 g/mol. The van der Waals surface area contributed by atoms with Gasteiger partial charge in [-0.3, -0.25) is 9.69 Å². The lowest BCUT2D eigenvalue weighted by Gasteiger charge is -2.34. The van der Waals surface area contributed by atoms with Crippen LogP contribution in [0.5, 0.6) is 0 Å². The summed E-state index contributed by atoms with van der Waals surface area (Å²) in [6.07, 6.45) is 9.54. The third kappa shape index (κ3) is 7.93. The average molecular weight is 333 g/mol. The number of rotatable bonds is 9. The Labute approximate surface area is 126 Å². The highest BCUT2D eigenvalue weighted by molar-refractivity contribution is 9.09. The van der Waals surface area contributed by atoms with Gasteiger partial charge in [-0.2, -0.15) is 0 Å². The summed E-state index contributed by atoms with van der Waals surface area (Å²) in [6.45, 7) is 6.85. The molecule has 1 rings (SSSR count). The van der Waals surface area contributed by atoms with Crippen molar-refractivity contribution in [2.24, 2.45) is 0 Å². The van der Waals surface area contributed by atoms with E-state index in [9.17, 15) is 4.79 Å². The quantitative estimate of drug-likeness (QED) is 0.478. The van der Waals surface area contributed by atoms with Crippen molar-refractivity contribution in [3.63, 3.8) is 0 Å². The smallest absolute Gasteiger partial charge is 0.219 e. The van der Waals surface area contributed by atoms with Crippen molar-refractivity contribution >= 4 is 21.8 Å². The van der Waals surface area contributed by atoms with E-state index in [1.165, 1.54) is 51.5 Å². The van der Waals surface area contributed by atoms with Crippen LogP contribution in [0, 0.1) is 0 Å². The van der Waals surface area contributed by atoms with E-state index >= 15 is 0 Å². The van der Waals surface area contributed by atoms with Crippen molar-refractivity contribution in [3.05, 3.63) is 0 Å². The molecule has 0 N–H and O–H groups in total. The summed E-state index contributed by atoms with van der Waals surface area (Å²) in [7, 11) is 0. The van der Waals surface area contributed by atoms with Crippen LogP contribution in [0.3, 0.4) is 0 Å². The Hall–Kier alpha value is -0.0900. The van der Waals surface area contributed by atoms with Crippen molar-refractivity contribution in [3.8, 4) is 0 Å². The highest BCUT2D eigenvalue weighted by Crippen LogP contribution is 2.09. The molecule has 1 aliphatic rings. The van der Waals surface area contributed by atoms with Crippen LogP contribution in [-0.2, 0) is 4.79 Å². The predicted octanol–water partition coefficient (Wildman–Crippen LogP) is 3.28. The molecule has 0 aliphatic carbocycles. The highest BCUT2D eigenvalue weighted by Gasteiger charge is 2.17. The van der Waals surface area contributed by atoms with Gasteiger partial charge in [0.1, 0.15) is 0 Å². The minimum atomic E-state index is 0.225. The van der Waals surface area contributed by atoms with Crippen LogP contribution in [0.4, 0.5) is 0 Å². The summed E-state index contributed by atoms with van der Waals surface area (Å²) in [5.41, 5.74) is 0. The van der Waals surface area contributed by atoms with E-state index in [1.54, 1.807) is 6.92 Å². The van der Waals surface area contributed by atoms with E-state index in [0.717, 1.165) is 31.5 Å². The monoisotopic (exact) mass is 332 g/mol. The Morgan fingerprint density at radius 2 is 1.42 bits per heavy atom. The van der Waals surface area contributed by atoms with Gasteiger partial charge >= 0.3 is 0 Å². The molecule has 0 saturated carbocycles. The minimum Gasteiger partial charge on any atom is -0.340 e. The summed E-state index contributed by atoms with van der Waals surface area (Å²) in [4.78, 5) is 15.7.